The third-order valence-corrected chi connectivity index (χ3v) is 3.16. The molecule has 0 aliphatic rings. The van der Waals surface area contributed by atoms with Crippen molar-refractivity contribution in [3.05, 3.63) is 63.6 Å². The molecule has 0 fully saturated rings. The van der Waals surface area contributed by atoms with Crippen LogP contribution in [0.2, 0.25) is 5.02 Å². The van der Waals surface area contributed by atoms with Gasteiger partial charge in [-0.2, -0.15) is 0 Å². The van der Waals surface area contributed by atoms with Crippen LogP contribution >= 0.6 is 11.6 Å². The van der Waals surface area contributed by atoms with Crippen LogP contribution < -0.4 is 11.5 Å². The monoisotopic (exact) mass is 274 g/mol. The van der Waals surface area contributed by atoms with E-state index in [1.807, 2.05) is 18.2 Å². The van der Waals surface area contributed by atoms with Crippen LogP contribution in [-0.4, -0.2) is 4.57 Å². The van der Waals surface area contributed by atoms with Crippen LogP contribution in [0, 0.1) is 0 Å². The van der Waals surface area contributed by atoms with Crippen LogP contribution in [0.15, 0.2) is 51.7 Å². The first-order valence-corrected chi connectivity index (χ1v) is 6.14. The molecular weight excluding hydrogens is 264 g/mol. The molecule has 1 aromatic heterocycles. The van der Waals surface area contributed by atoms with Crippen molar-refractivity contribution in [2.24, 2.45) is 0 Å². The van der Waals surface area contributed by atoms with Gasteiger partial charge in [-0.3, -0.25) is 4.57 Å². The lowest BCUT2D eigenvalue weighted by molar-refractivity contribution is 0.517. The molecule has 0 atom stereocenters. The first-order valence-electron chi connectivity index (χ1n) is 5.77. The quantitative estimate of drug-likeness (QED) is 0.731. The minimum atomic E-state index is -0.402. The molecule has 0 saturated heterocycles. The summed E-state index contributed by atoms with van der Waals surface area (Å²) >= 11 is 5.94. The van der Waals surface area contributed by atoms with E-state index in [1.54, 1.807) is 24.3 Å². The number of nitrogen functional groups attached to an aromatic ring is 1. The number of fused-ring (bicyclic) bond motifs is 1. The molecule has 0 bridgehead atoms. The van der Waals surface area contributed by atoms with E-state index in [0.29, 0.717) is 28.4 Å². The maximum atomic E-state index is 11.9. The number of hydrogen-bond donors (Lipinski definition) is 1. The van der Waals surface area contributed by atoms with Gasteiger partial charge in [-0.05, 0) is 35.9 Å². The molecule has 3 aromatic rings. The second kappa shape index (κ2) is 4.48. The third kappa shape index (κ3) is 2.22. The van der Waals surface area contributed by atoms with Gasteiger partial charge in [-0.15, -0.1) is 0 Å². The molecular formula is C14H11ClN2O2. The van der Waals surface area contributed by atoms with Crippen LogP contribution in [-0.2, 0) is 6.54 Å². The summed E-state index contributed by atoms with van der Waals surface area (Å²) in [6.07, 6.45) is 0. The van der Waals surface area contributed by atoms with Crippen LogP contribution in [0.5, 0.6) is 0 Å². The highest BCUT2D eigenvalue weighted by atomic mass is 35.5. The Morgan fingerprint density at radius 2 is 2.05 bits per heavy atom. The Balaban J connectivity index is 2.12. The Morgan fingerprint density at radius 3 is 2.84 bits per heavy atom. The minimum Gasteiger partial charge on any atom is -0.408 e. The van der Waals surface area contributed by atoms with Gasteiger partial charge in [0.05, 0.1) is 12.1 Å². The summed E-state index contributed by atoms with van der Waals surface area (Å²) in [4.78, 5) is 11.9. The van der Waals surface area contributed by atoms with Gasteiger partial charge in [0.15, 0.2) is 5.58 Å². The molecule has 5 heteroatoms. The van der Waals surface area contributed by atoms with Crippen LogP contribution in [0.4, 0.5) is 5.69 Å². The van der Waals surface area contributed by atoms with E-state index in [-0.39, 0.29) is 0 Å². The summed E-state index contributed by atoms with van der Waals surface area (Å²) in [6, 6.07) is 12.5. The molecule has 2 aromatic carbocycles. The molecule has 0 aliphatic carbocycles. The first kappa shape index (κ1) is 11.9. The van der Waals surface area contributed by atoms with E-state index in [9.17, 15) is 4.79 Å². The van der Waals surface area contributed by atoms with E-state index in [1.165, 1.54) is 4.57 Å². The summed E-state index contributed by atoms with van der Waals surface area (Å²) in [6.45, 7) is 0.399. The van der Waals surface area contributed by atoms with Gasteiger partial charge >= 0.3 is 5.76 Å². The van der Waals surface area contributed by atoms with Crippen LogP contribution in [0.25, 0.3) is 11.1 Å². The molecule has 0 radical (unpaired) electrons. The Bertz CT molecular complexity index is 805. The average Bonchev–Trinajstić information content (AvgIpc) is 2.66. The lowest BCUT2D eigenvalue weighted by Gasteiger charge is -2.03. The van der Waals surface area contributed by atoms with Crippen molar-refractivity contribution in [2.45, 2.75) is 6.54 Å². The molecule has 4 nitrogen and oxygen atoms in total. The van der Waals surface area contributed by atoms with E-state index in [2.05, 4.69) is 0 Å². The summed E-state index contributed by atoms with van der Waals surface area (Å²) in [5, 5.41) is 0.637. The number of oxazole rings is 1. The molecule has 0 spiro atoms. The predicted molar refractivity (Wildman–Crippen MR) is 75.4 cm³/mol. The average molecular weight is 275 g/mol. The summed E-state index contributed by atoms with van der Waals surface area (Å²) in [5.74, 6) is -0.402. The lowest BCUT2D eigenvalue weighted by atomic mass is 10.2. The van der Waals surface area contributed by atoms with Gasteiger partial charge in [0, 0.05) is 10.7 Å². The number of nitrogens with zero attached hydrogens (tertiary/aromatic N) is 1. The molecule has 0 unspecified atom stereocenters. The van der Waals surface area contributed by atoms with Gasteiger partial charge in [-0.25, -0.2) is 4.79 Å². The van der Waals surface area contributed by atoms with Gasteiger partial charge in [0.25, 0.3) is 0 Å². The fourth-order valence-corrected chi connectivity index (χ4v) is 2.26. The maximum Gasteiger partial charge on any atom is 0.420 e. The normalized spacial score (nSPS) is 11.0. The number of hydrogen-bond acceptors (Lipinski definition) is 3. The molecule has 3 rings (SSSR count). The van der Waals surface area contributed by atoms with Crippen molar-refractivity contribution >= 4 is 28.4 Å². The number of rotatable bonds is 2. The molecule has 19 heavy (non-hydrogen) atoms. The molecule has 1 heterocycles. The number of anilines is 1. The highest BCUT2D eigenvalue weighted by molar-refractivity contribution is 6.30. The topological polar surface area (TPSA) is 61.2 Å². The number of nitrogens with two attached hydrogens (primary N) is 1. The predicted octanol–water partition coefficient (Wildman–Crippen LogP) is 2.88. The van der Waals surface area contributed by atoms with E-state index >= 15 is 0 Å². The SMILES string of the molecule is Nc1ccc2oc(=O)n(Cc3cccc(Cl)c3)c2c1. The molecule has 2 N–H and O–H groups in total. The fraction of sp³-hybridized carbons (Fsp3) is 0.0714. The van der Waals surface area contributed by atoms with Crippen LogP contribution in [0.1, 0.15) is 5.56 Å². The van der Waals surface area contributed by atoms with Crippen molar-refractivity contribution in [3.63, 3.8) is 0 Å². The zero-order valence-electron chi connectivity index (χ0n) is 9.97. The molecule has 0 amide bonds. The van der Waals surface area contributed by atoms with Crippen molar-refractivity contribution in [2.75, 3.05) is 5.73 Å². The number of aromatic nitrogens is 1. The van der Waals surface area contributed by atoms with Crippen molar-refractivity contribution < 1.29 is 4.42 Å². The Kier molecular flexibility index (Phi) is 2.80. The van der Waals surface area contributed by atoms with E-state index < -0.39 is 5.76 Å². The second-order valence-electron chi connectivity index (χ2n) is 4.31. The molecule has 96 valence electrons. The largest absolute Gasteiger partial charge is 0.420 e. The zero-order chi connectivity index (χ0) is 13.4. The van der Waals surface area contributed by atoms with E-state index in [0.717, 1.165) is 5.56 Å². The zero-order valence-corrected chi connectivity index (χ0v) is 10.7. The second-order valence-corrected chi connectivity index (χ2v) is 4.75. The maximum absolute atomic E-state index is 11.9. The van der Waals surface area contributed by atoms with E-state index in [4.69, 9.17) is 21.8 Å². The standard InChI is InChI=1S/C14H11ClN2O2/c15-10-3-1-2-9(6-10)8-17-12-7-11(16)4-5-13(12)19-14(17)18/h1-7H,8,16H2. The first-order chi connectivity index (χ1) is 9.13. The number of halogens is 1. The van der Waals surface area contributed by atoms with Crippen molar-refractivity contribution in [1.29, 1.82) is 0 Å². The minimum absolute atomic E-state index is 0.399. The van der Waals surface area contributed by atoms with Gasteiger partial charge < -0.3 is 10.2 Å². The Hall–Kier alpha value is -2.20. The summed E-state index contributed by atoms with van der Waals surface area (Å²) in [7, 11) is 0. The highest BCUT2D eigenvalue weighted by Gasteiger charge is 2.10. The fourth-order valence-electron chi connectivity index (χ4n) is 2.05. The molecule has 0 aliphatic heterocycles. The summed E-state index contributed by atoms with van der Waals surface area (Å²) in [5.41, 5.74) is 8.48. The van der Waals surface area contributed by atoms with Gasteiger partial charge in [0.1, 0.15) is 0 Å². The lowest BCUT2D eigenvalue weighted by Crippen LogP contribution is -2.14. The van der Waals surface area contributed by atoms with Gasteiger partial charge in [-0.1, -0.05) is 23.7 Å². The Labute approximate surface area is 114 Å². The van der Waals surface area contributed by atoms with Gasteiger partial charge in [0.2, 0.25) is 0 Å². The Morgan fingerprint density at radius 1 is 1.21 bits per heavy atom. The van der Waals surface area contributed by atoms with Crippen LogP contribution in [0.3, 0.4) is 0 Å². The summed E-state index contributed by atoms with van der Waals surface area (Å²) < 4.78 is 6.71. The van der Waals surface area contributed by atoms with Crippen molar-refractivity contribution in [1.82, 2.24) is 4.57 Å². The number of benzene rings is 2. The third-order valence-electron chi connectivity index (χ3n) is 2.92. The van der Waals surface area contributed by atoms with Crippen molar-refractivity contribution in [3.8, 4) is 0 Å². The molecule has 0 saturated carbocycles. The highest BCUT2D eigenvalue weighted by Crippen LogP contribution is 2.18. The smallest absolute Gasteiger partial charge is 0.408 e.